The van der Waals surface area contributed by atoms with E-state index in [1.54, 1.807) is 7.05 Å². The van der Waals surface area contributed by atoms with Crippen LogP contribution in [0, 0.1) is 0 Å². The van der Waals surface area contributed by atoms with Crippen LogP contribution in [-0.4, -0.2) is 78.4 Å². The average molecular weight is 437 g/mol. The lowest BCUT2D eigenvalue weighted by molar-refractivity contribution is 0.0392. The van der Waals surface area contributed by atoms with Gasteiger partial charge in [-0.2, -0.15) is 5.10 Å². The van der Waals surface area contributed by atoms with E-state index in [1.165, 1.54) is 23.4 Å². The van der Waals surface area contributed by atoms with Crippen molar-refractivity contribution in [3.05, 3.63) is 35.6 Å². The molecule has 30 heavy (non-hydrogen) atoms. The third-order valence-corrected chi connectivity index (χ3v) is 5.67. The number of H-pyrrole nitrogens is 1. The highest BCUT2D eigenvalue weighted by Crippen LogP contribution is 2.28. The van der Waals surface area contributed by atoms with E-state index in [0.29, 0.717) is 41.7 Å². The molecular formula is C19H22ClFN6O3. The number of allylic oxidation sites excluding steroid dienone is 3. The van der Waals surface area contributed by atoms with Gasteiger partial charge in [0.15, 0.2) is 11.3 Å². The summed E-state index contributed by atoms with van der Waals surface area (Å²) in [5.74, 6) is -0.470. The van der Waals surface area contributed by atoms with Crippen LogP contribution in [0.3, 0.4) is 0 Å². The van der Waals surface area contributed by atoms with Crippen molar-refractivity contribution in [2.75, 3.05) is 18.9 Å². The molecule has 160 valence electrons. The van der Waals surface area contributed by atoms with Crippen molar-refractivity contribution in [1.82, 2.24) is 25.1 Å². The van der Waals surface area contributed by atoms with Gasteiger partial charge in [-0.1, -0.05) is 0 Å². The van der Waals surface area contributed by atoms with E-state index in [0.717, 1.165) is 0 Å². The molecule has 2 aliphatic carbocycles. The van der Waals surface area contributed by atoms with Gasteiger partial charge in [-0.15, -0.1) is 11.6 Å². The Balaban J connectivity index is 1.58. The summed E-state index contributed by atoms with van der Waals surface area (Å²) >= 11 is 6.03. The number of aliphatic hydroxyl groups is 2. The van der Waals surface area contributed by atoms with Gasteiger partial charge in [0.1, 0.15) is 18.0 Å². The van der Waals surface area contributed by atoms with Gasteiger partial charge in [-0.05, 0) is 37.0 Å². The minimum atomic E-state index is -0.937. The van der Waals surface area contributed by atoms with Crippen molar-refractivity contribution >= 4 is 34.4 Å². The monoisotopic (exact) mass is 436 g/mol. The number of likely N-dealkylation sites (N-methyl/N-ethyl adjacent to an activating group) is 1. The van der Waals surface area contributed by atoms with E-state index in [1.807, 2.05) is 0 Å². The molecule has 2 aromatic rings. The molecule has 0 spiro atoms. The predicted octanol–water partition coefficient (Wildman–Crippen LogP) is 1.51. The van der Waals surface area contributed by atoms with Crippen molar-refractivity contribution in [1.29, 1.82) is 0 Å². The number of nitrogens with zero attached hydrogens (tertiary/aromatic N) is 4. The number of aromatic nitrogens is 4. The van der Waals surface area contributed by atoms with Crippen LogP contribution in [0.25, 0.3) is 11.0 Å². The number of hydrogen-bond acceptors (Lipinski definition) is 7. The van der Waals surface area contributed by atoms with Gasteiger partial charge in [0.05, 0.1) is 29.0 Å². The zero-order valence-electron chi connectivity index (χ0n) is 16.2. The number of aliphatic hydroxyl groups excluding tert-OH is 2. The minimum Gasteiger partial charge on any atom is -0.390 e. The molecule has 1 unspecified atom stereocenters. The standard InChI is InChI=1S/C19H22ClFN6O3/c1-27(7-9-4-10(20)6-11(21)5-9)19(30)15-14-17(22-8-23-18(14)26-25-15)24-12-2-3-13(28)16(12)29/h5-6,8,10,12-13,16,28-29H,2-4,7H2,1H3,(H2,22,23,24,25,26)/t10?,12-,13-,16+/m1/s1. The number of anilines is 1. The normalized spacial score (nSPS) is 26.4. The highest BCUT2D eigenvalue weighted by molar-refractivity contribution is 6.22. The molecule has 4 rings (SSSR count). The van der Waals surface area contributed by atoms with Crippen molar-refractivity contribution in [3.8, 4) is 0 Å². The molecular weight excluding hydrogens is 415 g/mol. The lowest BCUT2D eigenvalue weighted by atomic mass is 10.0. The lowest BCUT2D eigenvalue weighted by Crippen LogP contribution is -2.34. The van der Waals surface area contributed by atoms with Gasteiger partial charge < -0.3 is 20.4 Å². The van der Waals surface area contributed by atoms with Crippen molar-refractivity contribution < 1.29 is 19.4 Å². The Hall–Kier alpha value is -2.56. The second-order valence-electron chi connectivity index (χ2n) is 7.64. The zero-order chi connectivity index (χ0) is 21.4. The molecule has 1 fully saturated rings. The van der Waals surface area contributed by atoms with Crippen molar-refractivity contribution in [2.24, 2.45) is 0 Å². The number of rotatable bonds is 5. The molecule has 4 N–H and O–H groups in total. The number of hydrogen-bond donors (Lipinski definition) is 4. The molecule has 11 heteroatoms. The third kappa shape index (κ3) is 4.03. The molecule has 4 atom stereocenters. The first-order chi connectivity index (χ1) is 14.3. The maximum Gasteiger partial charge on any atom is 0.275 e. The topological polar surface area (TPSA) is 127 Å². The summed E-state index contributed by atoms with van der Waals surface area (Å²) in [6.07, 6.45) is 3.77. The number of alkyl halides is 1. The number of amides is 1. The summed E-state index contributed by atoms with van der Waals surface area (Å²) in [4.78, 5) is 22.8. The number of fused-ring (bicyclic) bond motifs is 1. The SMILES string of the molecule is CN(CC1=CC(F)=CC(Cl)C1)C(=O)c1n[nH]c2ncnc(N[C@@H]3CC[C@@H](O)[C@H]3O)c12. The molecule has 2 heterocycles. The van der Waals surface area contributed by atoms with Crippen LogP contribution in [0.1, 0.15) is 29.8 Å². The number of halogens is 2. The second kappa shape index (κ2) is 8.29. The first-order valence-electron chi connectivity index (χ1n) is 9.61. The highest BCUT2D eigenvalue weighted by atomic mass is 35.5. The number of nitrogens with one attached hydrogen (secondary N) is 2. The molecule has 0 aromatic carbocycles. The zero-order valence-corrected chi connectivity index (χ0v) is 17.0. The Morgan fingerprint density at radius 3 is 2.90 bits per heavy atom. The van der Waals surface area contributed by atoms with E-state index in [9.17, 15) is 19.4 Å². The summed E-state index contributed by atoms with van der Waals surface area (Å²) in [6, 6.07) is -0.406. The first-order valence-corrected chi connectivity index (χ1v) is 10.0. The maximum atomic E-state index is 13.6. The Morgan fingerprint density at radius 1 is 1.40 bits per heavy atom. The Kier molecular flexibility index (Phi) is 5.72. The second-order valence-corrected chi connectivity index (χ2v) is 8.20. The van der Waals surface area contributed by atoms with Gasteiger partial charge in [0.25, 0.3) is 5.91 Å². The molecule has 2 aliphatic rings. The van der Waals surface area contributed by atoms with Crippen molar-refractivity contribution in [3.63, 3.8) is 0 Å². The van der Waals surface area contributed by atoms with Gasteiger partial charge in [-0.25, -0.2) is 14.4 Å². The van der Waals surface area contributed by atoms with Gasteiger partial charge in [-0.3, -0.25) is 9.89 Å². The van der Waals surface area contributed by atoms with E-state index in [-0.39, 0.29) is 12.2 Å². The average Bonchev–Trinajstić information content (AvgIpc) is 3.26. The fraction of sp³-hybridized carbons (Fsp3) is 0.474. The lowest BCUT2D eigenvalue weighted by Gasteiger charge is -2.22. The van der Waals surface area contributed by atoms with Crippen LogP contribution >= 0.6 is 11.6 Å². The summed E-state index contributed by atoms with van der Waals surface area (Å²) in [5.41, 5.74) is 1.17. The van der Waals surface area contributed by atoms with E-state index in [4.69, 9.17) is 11.6 Å². The summed E-state index contributed by atoms with van der Waals surface area (Å²) in [6.45, 7) is 0.196. The van der Waals surface area contributed by atoms with Crippen molar-refractivity contribution in [2.45, 2.75) is 42.9 Å². The summed E-state index contributed by atoms with van der Waals surface area (Å²) in [7, 11) is 1.59. The predicted molar refractivity (Wildman–Crippen MR) is 109 cm³/mol. The molecule has 1 saturated carbocycles. The fourth-order valence-electron chi connectivity index (χ4n) is 3.87. The van der Waals surface area contributed by atoms with Crippen LogP contribution in [0.5, 0.6) is 0 Å². The van der Waals surface area contributed by atoms with Crippen LogP contribution in [0.15, 0.2) is 29.9 Å². The van der Waals surface area contributed by atoms with Gasteiger partial charge >= 0.3 is 0 Å². The summed E-state index contributed by atoms with van der Waals surface area (Å²) in [5, 5.41) is 29.8. The Bertz CT molecular complexity index is 1020. The number of carbonyl (C=O) groups excluding carboxylic acids is 1. The van der Waals surface area contributed by atoms with Gasteiger partial charge in [0, 0.05) is 13.6 Å². The first kappa shape index (κ1) is 20.7. The van der Waals surface area contributed by atoms with Crippen LogP contribution < -0.4 is 5.32 Å². The Labute approximate surface area is 176 Å². The third-order valence-electron chi connectivity index (χ3n) is 5.39. The summed E-state index contributed by atoms with van der Waals surface area (Å²) < 4.78 is 13.6. The largest absolute Gasteiger partial charge is 0.390 e. The molecule has 0 aliphatic heterocycles. The van der Waals surface area contributed by atoms with Crippen LogP contribution in [0.2, 0.25) is 0 Å². The quantitative estimate of drug-likeness (QED) is 0.523. The van der Waals surface area contributed by atoms with E-state index in [2.05, 4.69) is 25.5 Å². The minimum absolute atomic E-state index is 0.110. The number of carbonyl (C=O) groups is 1. The molecule has 2 aromatic heterocycles. The van der Waals surface area contributed by atoms with Crippen LogP contribution in [-0.2, 0) is 0 Å². The van der Waals surface area contributed by atoms with Crippen LogP contribution in [0.4, 0.5) is 10.2 Å². The number of aromatic amines is 1. The molecule has 0 bridgehead atoms. The Morgan fingerprint density at radius 2 is 2.20 bits per heavy atom. The van der Waals surface area contributed by atoms with Gasteiger partial charge in [0.2, 0.25) is 0 Å². The van der Waals surface area contributed by atoms with E-state index < -0.39 is 35.4 Å². The molecule has 1 amide bonds. The van der Waals surface area contributed by atoms with E-state index >= 15 is 0 Å². The fourth-order valence-corrected chi connectivity index (χ4v) is 4.19. The molecule has 9 nitrogen and oxygen atoms in total. The highest BCUT2D eigenvalue weighted by Gasteiger charge is 2.34. The maximum absolute atomic E-state index is 13.6. The molecule has 0 radical (unpaired) electrons. The molecule has 0 saturated heterocycles. The smallest absolute Gasteiger partial charge is 0.275 e.